The molecule has 0 saturated heterocycles. The van der Waals surface area contributed by atoms with Crippen molar-refractivity contribution in [2.75, 3.05) is 18.9 Å². The highest BCUT2D eigenvalue weighted by molar-refractivity contribution is 7.92. The van der Waals surface area contributed by atoms with Crippen LogP contribution in [-0.4, -0.2) is 32.4 Å². The second-order valence-corrected chi connectivity index (χ2v) is 6.19. The molecule has 0 spiro atoms. The van der Waals surface area contributed by atoms with Crippen molar-refractivity contribution in [3.63, 3.8) is 0 Å². The molecule has 0 saturated carbocycles. The van der Waals surface area contributed by atoms with E-state index < -0.39 is 10.0 Å². The molecule has 8 heteroatoms. The Labute approximate surface area is 124 Å². The minimum Gasteiger partial charge on any atom is -0.496 e. The average Bonchev–Trinajstić information content (AvgIpc) is 2.83. The molecule has 0 atom stereocenters. The number of hydrogen-bond donors (Lipinski definition) is 2. The van der Waals surface area contributed by atoms with Gasteiger partial charge in [-0.1, -0.05) is 0 Å². The van der Waals surface area contributed by atoms with Crippen LogP contribution < -0.4 is 14.8 Å². The lowest BCUT2D eigenvalue weighted by Crippen LogP contribution is -2.14. The predicted octanol–water partition coefficient (Wildman–Crippen LogP) is 0.949. The normalized spacial score (nSPS) is 11.4. The molecule has 21 heavy (non-hydrogen) atoms. The molecule has 2 N–H and O–H groups in total. The van der Waals surface area contributed by atoms with E-state index in [1.54, 1.807) is 39.5 Å². The second kappa shape index (κ2) is 6.15. The van der Waals surface area contributed by atoms with Gasteiger partial charge in [-0.2, -0.15) is 5.10 Å². The van der Waals surface area contributed by atoms with Gasteiger partial charge in [-0.05, 0) is 25.2 Å². The van der Waals surface area contributed by atoms with Crippen LogP contribution in [0.4, 0.5) is 5.69 Å². The smallest absolute Gasteiger partial charge is 0.262 e. The molecule has 0 unspecified atom stereocenters. The Balaban J connectivity index is 2.33. The summed E-state index contributed by atoms with van der Waals surface area (Å²) in [4.78, 5) is 0.178. The zero-order valence-electron chi connectivity index (χ0n) is 12.1. The maximum absolute atomic E-state index is 12.4. The number of benzene rings is 1. The van der Waals surface area contributed by atoms with E-state index in [9.17, 15) is 8.42 Å². The van der Waals surface area contributed by atoms with Crippen molar-refractivity contribution in [1.82, 2.24) is 15.1 Å². The van der Waals surface area contributed by atoms with Crippen LogP contribution >= 0.6 is 0 Å². The van der Waals surface area contributed by atoms with Gasteiger partial charge >= 0.3 is 0 Å². The van der Waals surface area contributed by atoms with Crippen LogP contribution in [0.15, 0.2) is 35.5 Å². The topological polar surface area (TPSA) is 85.3 Å². The van der Waals surface area contributed by atoms with Gasteiger partial charge in [0.25, 0.3) is 10.0 Å². The fourth-order valence-electron chi connectivity index (χ4n) is 1.94. The quantitative estimate of drug-likeness (QED) is 0.830. The number of nitrogens with one attached hydrogen (secondary N) is 2. The molecular formula is C13H18N4O3S. The van der Waals surface area contributed by atoms with E-state index in [0.29, 0.717) is 18.0 Å². The molecule has 7 nitrogen and oxygen atoms in total. The van der Waals surface area contributed by atoms with Crippen molar-refractivity contribution in [2.24, 2.45) is 7.05 Å². The van der Waals surface area contributed by atoms with E-state index in [-0.39, 0.29) is 4.90 Å². The largest absolute Gasteiger partial charge is 0.496 e. The van der Waals surface area contributed by atoms with E-state index >= 15 is 0 Å². The zero-order chi connectivity index (χ0) is 15.5. The summed E-state index contributed by atoms with van der Waals surface area (Å²) in [6, 6.07) is 4.75. The summed E-state index contributed by atoms with van der Waals surface area (Å²) < 4.78 is 33.9. The maximum atomic E-state index is 12.4. The molecule has 1 aromatic heterocycles. The SMILES string of the molecule is CNCc1cc(S(=O)(=O)Nc2cnn(C)c2)ccc1OC. The summed E-state index contributed by atoms with van der Waals surface area (Å²) in [5, 5.41) is 6.91. The van der Waals surface area contributed by atoms with Crippen LogP contribution in [0.5, 0.6) is 5.75 Å². The summed E-state index contributed by atoms with van der Waals surface area (Å²) in [7, 11) is 1.40. The van der Waals surface area contributed by atoms with E-state index in [0.717, 1.165) is 5.56 Å². The number of ether oxygens (including phenoxy) is 1. The summed E-state index contributed by atoms with van der Waals surface area (Å²) in [5.41, 5.74) is 1.19. The van der Waals surface area contributed by atoms with Crippen molar-refractivity contribution >= 4 is 15.7 Å². The van der Waals surface area contributed by atoms with E-state index in [1.807, 2.05) is 0 Å². The van der Waals surface area contributed by atoms with E-state index in [4.69, 9.17) is 4.74 Å². The molecule has 0 fully saturated rings. The van der Waals surface area contributed by atoms with Crippen molar-refractivity contribution in [3.05, 3.63) is 36.2 Å². The number of aromatic nitrogens is 2. The Morgan fingerprint density at radius 3 is 2.71 bits per heavy atom. The molecule has 0 radical (unpaired) electrons. The van der Waals surface area contributed by atoms with E-state index in [1.165, 1.54) is 16.9 Å². The van der Waals surface area contributed by atoms with Gasteiger partial charge in [-0.3, -0.25) is 9.40 Å². The Kier molecular flexibility index (Phi) is 4.49. The molecule has 0 aliphatic carbocycles. The second-order valence-electron chi connectivity index (χ2n) is 4.51. The highest BCUT2D eigenvalue weighted by atomic mass is 32.2. The number of aryl methyl sites for hydroxylation is 1. The number of methoxy groups -OCH3 is 1. The molecule has 2 rings (SSSR count). The molecule has 0 amide bonds. The van der Waals surface area contributed by atoms with Crippen LogP contribution in [0.25, 0.3) is 0 Å². The zero-order valence-corrected chi connectivity index (χ0v) is 12.9. The minimum atomic E-state index is -3.65. The van der Waals surface area contributed by atoms with Gasteiger partial charge in [0, 0.05) is 25.4 Å². The third-order valence-electron chi connectivity index (χ3n) is 2.89. The van der Waals surface area contributed by atoms with Gasteiger partial charge in [0.15, 0.2) is 0 Å². The van der Waals surface area contributed by atoms with Crippen LogP contribution in [-0.2, 0) is 23.6 Å². The monoisotopic (exact) mass is 310 g/mol. The standard InChI is InChI=1S/C13H18N4O3S/c1-14-7-10-6-12(4-5-13(10)20-3)21(18,19)16-11-8-15-17(2)9-11/h4-6,8-9,14,16H,7H2,1-3H3. The lowest BCUT2D eigenvalue weighted by molar-refractivity contribution is 0.408. The minimum absolute atomic E-state index is 0.178. The maximum Gasteiger partial charge on any atom is 0.262 e. The first-order chi connectivity index (χ1) is 9.96. The lowest BCUT2D eigenvalue weighted by atomic mass is 10.2. The molecule has 1 aromatic carbocycles. The Hall–Kier alpha value is -2.06. The van der Waals surface area contributed by atoms with Gasteiger partial charge in [0.1, 0.15) is 5.75 Å². The van der Waals surface area contributed by atoms with Gasteiger partial charge in [-0.25, -0.2) is 8.42 Å². The van der Waals surface area contributed by atoms with Crippen molar-refractivity contribution in [2.45, 2.75) is 11.4 Å². The number of anilines is 1. The summed E-state index contributed by atoms with van der Waals surface area (Å²) in [6.45, 7) is 0.513. The fraction of sp³-hybridized carbons (Fsp3) is 0.308. The Bertz CT molecular complexity index is 725. The molecule has 0 bridgehead atoms. The van der Waals surface area contributed by atoms with Crippen LogP contribution in [0.2, 0.25) is 0 Å². The summed E-state index contributed by atoms with van der Waals surface area (Å²) in [5.74, 6) is 0.643. The Morgan fingerprint density at radius 2 is 2.14 bits per heavy atom. The first kappa shape index (κ1) is 15.3. The predicted molar refractivity (Wildman–Crippen MR) is 79.8 cm³/mol. The van der Waals surface area contributed by atoms with E-state index in [2.05, 4.69) is 15.1 Å². The average molecular weight is 310 g/mol. The molecule has 0 aliphatic heterocycles. The molecular weight excluding hydrogens is 292 g/mol. The van der Waals surface area contributed by atoms with Gasteiger partial charge in [-0.15, -0.1) is 0 Å². The number of nitrogens with zero attached hydrogens (tertiary/aromatic N) is 2. The Morgan fingerprint density at radius 1 is 1.38 bits per heavy atom. The molecule has 1 heterocycles. The van der Waals surface area contributed by atoms with Crippen molar-refractivity contribution in [1.29, 1.82) is 0 Å². The van der Waals surface area contributed by atoms with Crippen molar-refractivity contribution in [3.8, 4) is 5.75 Å². The number of sulfonamides is 1. The van der Waals surface area contributed by atoms with Crippen LogP contribution in [0, 0.1) is 0 Å². The number of hydrogen-bond acceptors (Lipinski definition) is 5. The summed E-state index contributed by atoms with van der Waals surface area (Å²) >= 11 is 0. The first-order valence-electron chi connectivity index (χ1n) is 6.29. The fourth-order valence-corrected chi connectivity index (χ4v) is 3.02. The third kappa shape index (κ3) is 3.53. The highest BCUT2D eigenvalue weighted by Gasteiger charge is 2.17. The summed E-state index contributed by atoms with van der Waals surface area (Å²) in [6.07, 6.45) is 3.05. The van der Waals surface area contributed by atoms with Crippen LogP contribution in [0.1, 0.15) is 5.56 Å². The molecule has 0 aliphatic rings. The van der Waals surface area contributed by atoms with Gasteiger partial charge in [0.05, 0.1) is 23.9 Å². The molecule has 2 aromatic rings. The van der Waals surface area contributed by atoms with Gasteiger partial charge in [0.2, 0.25) is 0 Å². The lowest BCUT2D eigenvalue weighted by Gasteiger charge is -2.11. The highest BCUT2D eigenvalue weighted by Crippen LogP contribution is 2.23. The third-order valence-corrected chi connectivity index (χ3v) is 4.27. The first-order valence-corrected chi connectivity index (χ1v) is 7.77. The number of rotatable bonds is 6. The van der Waals surface area contributed by atoms with Crippen molar-refractivity contribution < 1.29 is 13.2 Å². The molecule has 114 valence electrons. The van der Waals surface area contributed by atoms with Gasteiger partial charge < -0.3 is 10.1 Å². The van der Waals surface area contributed by atoms with Crippen LogP contribution in [0.3, 0.4) is 0 Å².